The molecule has 6 heteroatoms. The van der Waals surface area contributed by atoms with E-state index in [-0.39, 0.29) is 11.3 Å². The molecule has 1 unspecified atom stereocenters. The quantitative estimate of drug-likeness (QED) is 0.404. The molecule has 0 radical (unpaired) electrons. The van der Waals surface area contributed by atoms with Crippen LogP contribution in [0.25, 0.3) is 5.76 Å². The summed E-state index contributed by atoms with van der Waals surface area (Å²) < 4.78 is 0. The first-order chi connectivity index (χ1) is 14.4. The minimum atomic E-state index is -0.657. The van der Waals surface area contributed by atoms with E-state index < -0.39 is 17.7 Å². The summed E-state index contributed by atoms with van der Waals surface area (Å²) in [5.74, 6) is -1.41. The molecule has 0 saturated carbocycles. The first kappa shape index (κ1) is 22.1. The van der Waals surface area contributed by atoms with E-state index in [0.29, 0.717) is 23.7 Å². The third-order valence-electron chi connectivity index (χ3n) is 5.69. The zero-order chi connectivity index (χ0) is 21.8. The fourth-order valence-corrected chi connectivity index (χ4v) is 4.01. The molecule has 1 aliphatic heterocycles. The van der Waals surface area contributed by atoms with Gasteiger partial charge in [-0.25, -0.2) is 0 Å². The first-order valence-electron chi connectivity index (χ1n) is 10.2. The van der Waals surface area contributed by atoms with Gasteiger partial charge in [0.1, 0.15) is 5.76 Å². The van der Waals surface area contributed by atoms with Crippen molar-refractivity contribution in [1.29, 1.82) is 0 Å². The van der Waals surface area contributed by atoms with Gasteiger partial charge in [-0.15, -0.1) is 0 Å². The van der Waals surface area contributed by atoms with E-state index in [1.54, 1.807) is 29.2 Å². The van der Waals surface area contributed by atoms with Crippen LogP contribution in [-0.4, -0.2) is 52.8 Å². The molecule has 0 bridgehead atoms. The van der Waals surface area contributed by atoms with Crippen LogP contribution in [0.2, 0.25) is 5.02 Å². The molecule has 0 spiro atoms. The number of Topliss-reactive ketones (excluding diaryl/α,β-unsaturated/α-hetero) is 1. The number of likely N-dealkylation sites (N-methyl/N-ethyl adjacent to an activating group) is 1. The van der Waals surface area contributed by atoms with Gasteiger partial charge in [0, 0.05) is 23.7 Å². The number of aliphatic hydroxyl groups is 1. The van der Waals surface area contributed by atoms with Crippen molar-refractivity contribution in [3.8, 4) is 0 Å². The predicted octanol–water partition coefficient (Wildman–Crippen LogP) is 4.41. The predicted molar refractivity (Wildman–Crippen MR) is 119 cm³/mol. The molecule has 158 valence electrons. The molecule has 1 heterocycles. The summed E-state index contributed by atoms with van der Waals surface area (Å²) in [4.78, 5) is 29.8. The van der Waals surface area contributed by atoms with Gasteiger partial charge in [0.15, 0.2) is 0 Å². The summed E-state index contributed by atoms with van der Waals surface area (Å²) in [6, 6.07) is 13.6. The zero-order valence-corrected chi connectivity index (χ0v) is 18.3. The van der Waals surface area contributed by atoms with E-state index in [1.165, 1.54) is 0 Å². The van der Waals surface area contributed by atoms with E-state index in [1.807, 2.05) is 31.2 Å². The summed E-state index contributed by atoms with van der Waals surface area (Å²) in [5, 5.41) is 11.6. The average molecular weight is 427 g/mol. The smallest absolute Gasteiger partial charge is 0.295 e. The van der Waals surface area contributed by atoms with Crippen LogP contribution in [0.1, 0.15) is 36.6 Å². The van der Waals surface area contributed by atoms with Crippen LogP contribution >= 0.6 is 11.6 Å². The van der Waals surface area contributed by atoms with Crippen LogP contribution in [0, 0.1) is 6.92 Å². The van der Waals surface area contributed by atoms with E-state index in [0.717, 1.165) is 24.2 Å². The van der Waals surface area contributed by atoms with Crippen molar-refractivity contribution in [2.45, 2.75) is 26.8 Å². The molecule has 3 rings (SSSR count). The van der Waals surface area contributed by atoms with Crippen molar-refractivity contribution in [2.75, 3.05) is 26.2 Å². The lowest BCUT2D eigenvalue weighted by atomic mass is 9.92. The molecule has 1 saturated heterocycles. The number of aliphatic hydroxyl groups excluding tert-OH is 1. The summed E-state index contributed by atoms with van der Waals surface area (Å²) >= 11 is 5.96. The van der Waals surface area contributed by atoms with Gasteiger partial charge in [0.2, 0.25) is 0 Å². The van der Waals surface area contributed by atoms with E-state index in [2.05, 4.69) is 18.7 Å². The van der Waals surface area contributed by atoms with Crippen LogP contribution in [0.5, 0.6) is 0 Å². The normalized spacial score (nSPS) is 18.4. The Morgan fingerprint density at radius 1 is 1.07 bits per heavy atom. The number of halogens is 1. The molecule has 1 atom stereocenters. The van der Waals surface area contributed by atoms with E-state index >= 15 is 0 Å². The molecule has 5 nitrogen and oxygen atoms in total. The SMILES string of the molecule is CCN(CC)CCN1C(=O)C(=O)/C(=C(\O)c2ccc(Cl)cc2)C1c1ccccc1C. The highest BCUT2D eigenvalue weighted by molar-refractivity contribution is 6.46. The largest absolute Gasteiger partial charge is 0.507 e. The monoisotopic (exact) mass is 426 g/mol. The van der Waals surface area contributed by atoms with Crippen LogP contribution < -0.4 is 0 Å². The number of nitrogens with zero attached hydrogens (tertiary/aromatic N) is 2. The molecular weight excluding hydrogens is 400 g/mol. The number of carbonyl (C=O) groups is 2. The lowest BCUT2D eigenvalue weighted by Crippen LogP contribution is -2.38. The molecule has 1 amide bonds. The maximum absolute atomic E-state index is 13.0. The molecular formula is C24H27ClN2O3. The Balaban J connectivity index is 2.11. The van der Waals surface area contributed by atoms with Crippen LogP contribution in [0.15, 0.2) is 54.1 Å². The van der Waals surface area contributed by atoms with Gasteiger partial charge in [-0.3, -0.25) is 9.59 Å². The Kier molecular flexibility index (Phi) is 6.95. The molecule has 1 aliphatic rings. The lowest BCUT2D eigenvalue weighted by molar-refractivity contribution is -0.140. The van der Waals surface area contributed by atoms with Gasteiger partial charge in [-0.2, -0.15) is 0 Å². The van der Waals surface area contributed by atoms with Crippen LogP contribution in [0.3, 0.4) is 0 Å². The third-order valence-corrected chi connectivity index (χ3v) is 5.94. The van der Waals surface area contributed by atoms with E-state index in [9.17, 15) is 14.7 Å². The molecule has 0 aliphatic carbocycles. The Bertz CT molecular complexity index is 965. The second-order valence-corrected chi connectivity index (χ2v) is 7.82. The fourth-order valence-electron chi connectivity index (χ4n) is 3.88. The summed E-state index contributed by atoms with van der Waals surface area (Å²) in [6.07, 6.45) is 0. The fraction of sp³-hybridized carbons (Fsp3) is 0.333. The molecule has 0 aromatic heterocycles. The number of rotatable bonds is 7. The number of aryl methyl sites for hydroxylation is 1. The number of amides is 1. The Hall–Kier alpha value is -2.63. The van der Waals surface area contributed by atoms with Crippen molar-refractivity contribution >= 4 is 29.1 Å². The van der Waals surface area contributed by atoms with Gasteiger partial charge >= 0.3 is 0 Å². The second kappa shape index (κ2) is 9.45. The highest BCUT2D eigenvalue weighted by Crippen LogP contribution is 2.40. The van der Waals surface area contributed by atoms with Crippen molar-refractivity contribution in [3.63, 3.8) is 0 Å². The number of carbonyl (C=O) groups excluding carboxylic acids is 2. The minimum absolute atomic E-state index is 0.121. The van der Waals surface area contributed by atoms with Gasteiger partial charge < -0.3 is 14.9 Å². The van der Waals surface area contributed by atoms with Crippen molar-refractivity contribution in [3.05, 3.63) is 75.8 Å². The van der Waals surface area contributed by atoms with Gasteiger partial charge in [0.25, 0.3) is 11.7 Å². The number of hydrogen-bond donors (Lipinski definition) is 1. The minimum Gasteiger partial charge on any atom is -0.507 e. The third kappa shape index (κ3) is 4.27. The Labute approximate surface area is 182 Å². The second-order valence-electron chi connectivity index (χ2n) is 7.38. The van der Waals surface area contributed by atoms with Gasteiger partial charge in [-0.05, 0) is 55.4 Å². The van der Waals surface area contributed by atoms with Crippen molar-refractivity contribution in [2.24, 2.45) is 0 Å². The maximum atomic E-state index is 13.0. The summed E-state index contributed by atoms with van der Waals surface area (Å²) in [5.41, 5.74) is 2.38. The van der Waals surface area contributed by atoms with Crippen LogP contribution in [0.4, 0.5) is 0 Å². The molecule has 1 fully saturated rings. The van der Waals surface area contributed by atoms with Crippen molar-refractivity contribution in [1.82, 2.24) is 9.80 Å². The molecule has 2 aromatic carbocycles. The highest BCUT2D eigenvalue weighted by Gasteiger charge is 2.46. The molecule has 2 aromatic rings. The number of likely N-dealkylation sites (tertiary alicyclic amines) is 1. The lowest BCUT2D eigenvalue weighted by Gasteiger charge is -2.29. The topological polar surface area (TPSA) is 60.9 Å². The Morgan fingerprint density at radius 3 is 2.30 bits per heavy atom. The zero-order valence-electron chi connectivity index (χ0n) is 17.6. The van der Waals surface area contributed by atoms with Gasteiger partial charge in [-0.1, -0.05) is 49.7 Å². The Morgan fingerprint density at radius 2 is 1.70 bits per heavy atom. The number of hydrogen-bond acceptors (Lipinski definition) is 4. The standard InChI is InChI=1S/C24H27ClN2O3/c1-4-26(5-2)14-15-27-21(19-9-7-6-8-16(19)3)20(23(29)24(27)30)22(28)17-10-12-18(25)13-11-17/h6-13,21,28H,4-5,14-15H2,1-3H3/b22-20-. The highest BCUT2D eigenvalue weighted by atomic mass is 35.5. The maximum Gasteiger partial charge on any atom is 0.295 e. The van der Waals surface area contributed by atoms with Crippen LogP contribution in [-0.2, 0) is 9.59 Å². The number of benzene rings is 2. The summed E-state index contributed by atoms with van der Waals surface area (Å²) in [7, 11) is 0. The molecule has 30 heavy (non-hydrogen) atoms. The average Bonchev–Trinajstić information content (AvgIpc) is 2.99. The van der Waals surface area contributed by atoms with E-state index in [4.69, 9.17) is 11.6 Å². The molecule has 1 N–H and O–H groups in total. The summed E-state index contributed by atoms with van der Waals surface area (Å²) in [6.45, 7) is 8.86. The first-order valence-corrected chi connectivity index (χ1v) is 10.6. The number of ketones is 1. The van der Waals surface area contributed by atoms with Gasteiger partial charge in [0.05, 0.1) is 11.6 Å². The van der Waals surface area contributed by atoms with Crippen molar-refractivity contribution < 1.29 is 14.7 Å².